The number of hydrogen-bond acceptors (Lipinski definition) is 4. The van der Waals surface area contributed by atoms with Crippen LogP contribution in [0.3, 0.4) is 0 Å². The van der Waals surface area contributed by atoms with Crippen molar-refractivity contribution in [1.29, 1.82) is 0 Å². The van der Waals surface area contributed by atoms with E-state index in [0.717, 1.165) is 25.9 Å². The number of rotatable bonds is 2. The highest BCUT2D eigenvalue weighted by atomic mass is 16.5. The molecule has 2 fully saturated rings. The molecule has 6 heteroatoms. The van der Waals surface area contributed by atoms with Crippen molar-refractivity contribution in [3.8, 4) is 0 Å². The third kappa shape index (κ3) is 2.51. The van der Waals surface area contributed by atoms with Crippen LogP contribution in [0.4, 0.5) is 0 Å². The minimum absolute atomic E-state index is 0.0218. The molecule has 0 unspecified atom stereocenters. The zero-order valence-corrected chi connectivity index (χ0v) is 13.8. The van der Waals surface area contributed by atoms with Crippen LogP contribution in [-0.4, -0.2) is 45.7 Å². The highest BCUT2D eigenvalue weighted by Crippen LogP contribution is 2.36. The average Bonchev–Trinajstić information content (AvgIpc) is 2.57. The van der Waals surface area contributed by atoms with Gasteiger partial charge >= 0.3 is 0 Å². The first-order chi connectivity index (χ1) is 11.6. The molecule has 3 heterocycles. The predicted molar refractivity (Wildman–Crippen MR) is 89.9 cm³/mol. The molecular weight excluding hydrogens is 306 g/mol. The Bertz CT molecular complexity index is 844. The van der Waals surface area contributed by atoms with Crippen LogP contribution in [-0.2, 0) is 16.1 Å². The van der Waals surface area contributed by atoms with Crippen molar-refractivity contribution in [2.45, 2.75) is 38.3 Å². The van der Waals surface area contributed by atoms with Crippen LogP contribution in [0.5, 0.6) is 0 Å². The van der Waals surface area contributed by atoms with E-state index in [1.807, 2.05) is 23.1 Å². The summed E-state index contributed by atoms with van der Waals surface area (Å²) >= 11 is 0. The van der Waals surface area contributed by atoms with Crippen molar-refractivity contribution in [2.75, 3.05) is 19.7 Å². The molecule has 1 amide bonds. The number of aromatic nitrogens is 2. The molecule has 2 aliphatic heterocycles. The molecule has 1 aromatic carbocycles. The SMILES string of the molecule is Cc1nc2ccccc2c(=O)n1CC(=O)N1CCC2(CCO2)CC1. The summed E-state index contributed by atoms with van der Waals surface area (Å²) in [5.41, 5.74) is 0.543. The lowest BCUT2D eigenvalue weighted by molar-refractivity contribution is -0.176. The number of piperidine rings is 1. The molecule has 0 radical (unpaired) electrons. The van der Waals surface area contributed by atoms with E-state index in [0.29, 0.717) is 29.8 Å². The molecule has 24 heavy (non-hydrogen) atoms. The zero-order chi connectivity index (χ0) is 16.7. The fourth-order valence-corrected chi connectivity index (χ4v) is 3.65. The van der Waals surface area contributed by atoms with Crippen LogP contribution in [0.15, 0.2) is 29.1 Å². The lowest BCUT2D eigenvalue weighted by Crippen LogP contribution is -2.54. The summed E-state index contributed by atoms with van der Waals surface area (Å²) in [7, 11) is 0. The largest absolute Gasteiger partial charge is 0.375 e. The van der Waals surface area contributed by atoms with Gasteiger partial charge in [0.25, 0.3) is 5.56 Å². The van der Waals surface area contributed by atoms with Gasteiger partial charge in [-0.15, -0.1) is 0 Å². The van der Waals surface area contributed by atoms with E-state index in [1.54, 1.807) is 13.0 Å². The van der Waals surface area contributed by atoms with Gasteiger partial charge in [0.2, 0.25) is 5.91 Å². The third-order valence-corrected chi connectivity index (χ3v) is 5.34. The topological polar surface area (TPSA) is 64.4 Å². The Balaban J connectivity index is 1.54. The summed E-state index contributed by atoms with van der Waals surface area (Å²) in [6.45, 7) is 4.07. The molecule has 0 bridgehead atoms. The number of likely N-dealkylation sites (tertiary alicyclic amines) is 1. The van der Waals surface area contributed by atoms with E-state index in [2.05, 4.69) is 4.98 Å². The van der Waals surface area contributed by atoms with Crippen molar-refractivity contribution < 1.29 is 9.53 Å². The van der Waals surface area contributed by atoms with E-state index in [9.17, 15) is 9.59 Å². The van der Waals surface area contributed by atoms with Gasteiger partial charge in [0.1, 0.15) is 12.4 Å². The highest BCUT2D eigenvalue weighted by molar-refractivity contribution is 5.79. The van der Waals surface area contributed by atoms with Gasteiger partial charge in [-0.25, -0.2) is 4.98 Å². The van der Waals surface area contributed by atoms with Gasteiger partial charge in [-0.3, -0.25) is 14.2 Å². The van der Waals surface area contributed by atoms with E-state index >= 15 is 0 Å². The molecule has 1 aromatic heterocycles. The molecule has 2 aliphatic rings. The Morgan fingerprint density at radius 3 is 2.62 bits per heavy atom. The molecule has 0 atom stereocenters. The Morgan fingerprint density at radius 2 is 1.96 bits per heavy atom. The molecule has 0 N–H and O–H groups in total. The van der Waals surface area contributed by atoms with Crippen molar-refractivity contribution in [1.82, 2.24) is 14.5 Å². The van der Waals surface area contributed by atoms with E-state index in [4.69, 9.17) is 4.74 Å². The molecule has 6 nitrogen and oxygen atoms in total. The molecule has 0 saturated carbocycles. The van der Waals surface area contributed by atoms with Gasteiger partial charge in [0, 0.05) is 13.1 Å². The summed E-state index contributed by atoms with van der Waals surface area (Å²) in [6.07, 6.45) is 2.88. The monoisotopic (exact) mass is 327 g/mol. The van der Waals surface area contributed by atoms with Crippen LogP contribution < -0.4 is 5.56 Å². The van der Waals surface area contributed by atoms with Crippen molar-refractivity contribution in [2.24, 2.45) is 0 Å². The minimum Gasteiger partial charge on any atom is -0.375 e. The first-order valence-corrected chi connectivity index (χ1v) is 8.46. The maximum atomic E-state index is 12.7. The summed E-state index contributed by atoms with van der Waals surface area (Å²) in [5, 5.41) is 0.552. The Morgan fingerprint density at radius 1 is 1.25 bits per heavy atom. The Hall–Kier alpha value is -2.21. The second-order valence-electron chi connectivity index (χ2n) is 6.73. The quantitative estimate of drug-likeness (QED) is 0.838. The smallest absolute Gasteiger partial charge is 0.261 e. The lowest BCUT2D eigenvalue weighted by Gasteiger charge is -2.47. The number of nitrogens with zero attached hydrogens (tertiary/aromatic N) is 3. The van der Waals surface area contributed by atoms with Gasteiger partial charge in [0.15, 0.2) is 0 Å². The van der Waals surface area contributed by atoms with Crippen LogP contribution in [0.2, 0.25) is 0 Å². The number of ether oxygens (including phenoxy) is 1. The molecule has 1 spiro atoms. The number of amides is 1. The Labute approximate surface area is 140 Å². The number of hydrogen-bond donors (Lipinski definition) is 0. The molecule has 126 valence electrons. The van der Waals surface area contributed by atoms with Gasteiger partial charge in [0.05, 0.1) is 23.1 Å². The summed E-state index contributed by atoms with van der Waals surface area (Å²) in [6, 6.07) is 7.24. The number of carbonyl (C=O) groups is 1. The number of fused-ring (bicyclic) bond motifs is 1. The van der Waals surface area contributed by atoms with Crippen LogP contribution in [0.1, 0.15) is 25.1 Å². The van der Waals surface area contributed by atoms with Crippen molar-refractivity contribution in [3.05, 3.63) is 40.4 Å². The first-order valence-electron chi connectivity index (χ1n) is 8.46. The molecule has 2 aromatic rings. The third-order valence-electron chi connectivity index (χ3n) is 5.34. The fourth-order valence-electron chi connectivity index (χ4n) is 3.65. The van der Waals surface area contributed by atoms with Gasteiger partial charge < -0.3 is 9.64 Å². The number of aryl methyl sites for hydroxylation is 1. The standard InChI is InChI=1S/C18H21N3O3/c1-13-19-15-5-3-2-4-14(15)17(23)21(13)12-16(22)20-9-6-18(7-10-20)8-11-24-18/h2-5H,6-12H2,1H3. The van der Waals surface area contributed by atoms with E-state index in [1.165, 1.54) is 4.57 Å². The van der Waals surface area contributed by atoms with Gasteiger partial charge in [-0.05, 0) is 38.3 Å². The van der Waals surface area contributed by atoms with Gasteiger partial charge in [-0.2, -0.15) is 0 Å². The summed E-state index contributed by atoms with van der Waals surface area (Å²) in [4.78, 5) is 31.6. The average molecular weight is 327 g/mol. The van der Waals surface area contributed by atoms with E-state index in [-0.39, 0.29) is 23.6 Å². The lowest BCUT2D eigenvalue weighted by atomic mass is 9.84. The molecular formula is C18H21N3O3. The maximum absolute atomic E-state index is 12.7. The number of benzene rings is 1. The molecule has 0 aliphatic carbocycles. The highest BCUT2D eigenvalue weighted by Gasteiger charge is 2.41. The predicted octanol–water partition coefficient (Wildman–Crippen LogP) is 1.49. The zero-order valence-electron chi connectivity index (χ0n) is 13.8. The second-order valence-corrected chi connectivity index (χ2v) is 6.73. The summed E-state index contributed by atoms with van der Waals surface area (Å²) < 4.78 is 7.17. The van der Waals surface area contributed by atoms with Crippen molar-refractivity contribution in [3.63, 3.8) is 0 Å². The Kier molecular flexibility index (Phi) is 3.64. The van der Waals surface area contributed by atoms with Crippen LogP contribution >= 0.6 is 0 Å². The molecule has 2 saturated heterocycles. The van der Waals surface area contributed by atoms with Crippen molar-refractivity contribution >= 4 is 16.8 Å². The number of carbonyl (C=O) groups excluding carboxylic acids is 1. The second kappa shape index (κ2) is 5.70. The fraction of sp³-hybridized carbons (Fsp3) is 0.500. The molecule has 4 rings (SSSR count). The van der Waals surface area contributed by atoms with Gasteiger partial charge in [-0.1, -0.05) is 12.1 Å². The first kappa shape index (κ1) is 15.3. The summed E-state index contributed by atoms with van der Waals surface area (Å²) in [5.74, 6) is 0.550. The van der Waals surface area contributed by atoms with Crippen LogP contribution in [0, 0.1) is 6.92 Å². The number of para-hydroxylation sites is 1. The minimum atomic E-state index is -0.151. The van der Waals surface area contributed by atoms with E-state index < -0.39 is 0 Å². The maximum Gasteiger partial charge on any atom is 0.261 e. The van der Waals surface area contributed by atoms with Crippen LogP contribution in [0.25, 0.3) is 10.9 Å². The normalized spacial score (nSPS) is 19.5.